The van der Waals surface area contributed by atoms with E-state index in [1.807, 2.05) is 32.9 Å². The van der Waals surface area contributed by atoms with E-state index in [0.29, 0.717) is 24.2 Å². The van der Waals surface area contributed by atoms with E-state index >= 15 is 0 Å². The first kappa shape index (κ1) is 25.4. The minimum atomic E-state index is 0.247. The molecule has 1 unspecified atom stereocenters. The molecule has 27 heavy (non-hydrogen) atoms. The van der Waals surface area contributed by atoms with Crippen LogP contribution < -0.4 is 4.74 Å². The molecule has 4 nitrogen and oxygen atoms in total. The number of allylic oxidation sites excluding steroid dienone is 4. The Balaban J connectivity index is 0.00000123. The fourth-order valence-electron chi connectivity index (χ4n) is 2.19. The molecule has 1 aromatic heterocycles. The third-order valence-electron chi connectivity index (χ3n) is 3.86. The third-order valence-corrected chi connectivity index (χ3v) is 4.40. The van der Waals surface area contributed by atoms with E-state index in [2.05, 4.69) is 65.7 Å². The van der Waals surface area contributed by atoms with Crippen LogP contribution in [0.1, 0.15) is 53.8 Å². The summed E-state index contributed by atoms with van der Waals surface area (Å²) in [4.78, 5) is 8.44. The van der Waals surface area contributed by atoms with Gasteiger partial charge in [0, 0.05) is 12.1 Å². The van der Waals surface area contributed by atoms with Gasteiger partial charge in [-0.15, -0.1) is 0 Å². The average Bonchev–Trinajstić information content (AvgIpc) is 2.67. The standard InChI is InChI=1S/C17H21BrN2O2.C3H8.C2H6/c1-11-5-7-15(21-4)8-6-14(12(11)2)10-22-17-16(18)9-19-13(3)20-17;1-3-2;1-2/h5-9,12,14H,10H2,1-4H3;3H2,1-2H3;1-2H3/b8-6-,11-5+,15-7+;;/t12-,14?;;/m1../s1. The molecule has 0 bridgehead atoms. The molecule has 152 valence electrons. The summed E-state index contributed by atoms with van der Waals surface area (Å²) in [5.74, 6) is 2.75. The van der Waals surface area contributed by atoms with Gasteiger partial charge < -0.3 is 9.47 Å². The molecular weight excluding hydrogens is 404 g/mol. The van der Waals surface area contributed by atoms with E-state index in [-0.39, 0.29) is 5.92 Å². The Morgan fingerprint density at radius 3 is 2.37 bits per heavy atom. The smallest absolute Gasteiger partial charge is 0.231 e. The molecule has 0 aromatic carbocycles. The van der Waals surface area contributed by atoms with Gasteiger partial charge in [0.2, 0.25) is 5.88 Å². The van der Waals surface area contributed by atoms with Gasteiger partial charge in [0.1, 0.15) is 11.6 Å². The lowest BCUT2D eigenvalue weighted by Gasteiger charge is -2.23. The van der Waals surface area contributed by atoms with Crippen molar-refractivity contribution in [2.45, 2.75) is 54.9 Å². The molecule has 2 rings (SSSR count). The molecule has 1 aromatic rings. The zero-order valence-electron chi connectivity index (χ0n) is 18.0. The maximum absolute atomic E-state index is 5.90. The zero-order valence-corrected chi connectivity index (χ0v) is 19.6. The predicted molar refractivity (Wildman–Crippen MR) is 118 cm³/mol. The molecule has 1 aliphatic rings. The second-order valence-corrected chi connectivity index (χ2v) is 6.94. The van der Waals surface area contributed by atoms with Crippen LogP contribution in [0.25, 0.3) is 0 Å². The lowest BCUT2D eigenvalue weighted by Crippen LogP contribution is -2.20. The Morgan fingerprint density at radius 1 is 1.15 bits per heavy atom. The van der Waals surface area contributed by atoms with Crippen LogP contribution in [0.5, 0.6) is 5.88 Å². The number of halogens is 1. The van der Waals surface area contributed by atoms with E-state index < -0.39 is 0 Å². The fourth-order valence-corrected chi connectivity index (χ4v) is 2.50. The zero-order chi connectivity index (χ0) is 20.8. The van der Waals surface area contributed by atoms with Crippen LogP contribution in [0.2, 0.25) is 0 Å². The van der Waals surface area contributed by atoms with Crippen molar-refractivity contribution in [2.24, 2.45) is 11.8 Å². The molecule has 0 N–H and O–H groups in total. The first-order valence-corrected chi connectivity index (χ1v) is 10.4. The van der Waals surface area contributed by atoms with Crippen LogP contribution in [0.15, 0.2) is 46.3 Å². The first-order valence-electron chi connectivity index (χ1n) is 9.65. The largest absolute Gasteiger partial charge is 0.497 e. The molecule has 0 aliphatic heterocycles. The summed E-state index contributed by atoms with van der Waals surface area (Å²) in [6, 6.07) is 0. The quantitative estimate of drug-likeness (QED) is 0.526. The Morgan fingerprint density at radius 2 is 1.78 bits per heavy atom. The maximum atomic E-state index is 5.90. The van der Waals surface area contributed by atoms with Crippen molar-refractivity contribution in [3.8, 4) is 5.88 Å². The van der Waals surface area contributed by atoms with Crippen molar-refractivity contribution in [3.05, 3.63) is 52.1 Å². The lowest BCUT2D eigenvalue weighted by atomic mass is 9.87. The number of nitrogens with zero attached hydrogens (tertiary/aromatic N) is 2. The number of hydrogen-bond donors (Lipinski definition) is 0. The Kier molecular flexibility index (Phi) is 13.6. The molecule has 0 fully saturated rings. The van der Waals surface area contributed by atoms with Crippen molar-refractivity contribution >= 4 is 15.9 Å². The van der Waals surface area contributed by atoms with Gasteiger partial charge in [0.15, 0.2) is 0 Å². The van der Waals surface area contributed by atoms with Crippen molar-refractivity contribution in [2.75, 3.05) is 13.7 Å². The summed E-state index contributed by atoms with van der Waals surface area (Å²) in [5, 5.41) is 0. The summed E-state index contributed by atoms with van der Waals surface area (Å²) < 4.78 is 12.0. The number of ether oxygens (including phenoxy) is 2. The third kappa shape index (κ3) is 9.23. The summed E-state index contributed by atoms with van der Waals surface area (Å²) >= 11 is 3.42. The second-order valence-electron chi connectivity index (χ2n) is 6.08. The number of rotatable bonds is 4. The molecule has 2 atom stereocenters. The van der Waals surface area contributed by atoms with Gasteiger partial charge in [-0.3, -0.25) is 0 Å². The van der Waals surface area contributed by atoms with Gasteiger partial charge in [0.25, 0.3) is 0 Å². The number of aromatic nitrogens is 2. The van der Waals surface area contributed by atoms with Gasteiger partial charge in [0.05, 0.1) is 18.2 Å². The molecular formula is C22H35BrN2O2. The van der Waals surface area contributed by atoms with Crippen molar-refractivity contribution < 1.29 is 9.47 Å². The van der Waals surface area contributed by atoms with Gasteiger partial charge in [-0.05, 0) is 47.8 Å². The summed E-state index contributed by atoms with van der Waals surface area (Å²) in [5.41, 5.74) is 1.30. The van der Waals surface area contributed by atoms with Gasteiger partial charge in [-0.1, -0.05) is 58.8 Å². The van der Waals surface area contributed by atoms with E-state index in [1.165, 1.54) is 12.0 Å². The summed E-state index contributed by atoms with van der Waals surface area (Å²) in [7, 11) is 1.68. The van der Waals surface area contributed by atoms with Crippen LogP contribution in [0.3, 0.4) is 0 Å². The van der Waals surface area contributed by atoms with Gasteiger partial charge in [-0.25, -0.2) is 4.98 Å². The normalized spacial score (nSPS) is 23.4. The summed E-state index contributed by atoms with van der Waals surface area (Å²) in [6.07, 6.45) is 11.2. The molecule has 0 spiro atoms. The SMILES string of the molecule is CC.CCC.COC1=C/C=C(\C)[C@@H](C)C(COc2nc(C)ncc2Br)/C=C\1. The highest BCUT2D eigenvalue weighted by Crippen LogP contribution is 2.27. The van der Waals surface area contributed by atoms with Crippen LogP contribution >= 0.6 is 15.9 Å². The summed E-state index contributed by atoms with van der Waals surface area (Å²) in [6.45, 7) is 15.0. The van der Waals surface area contributed by atoms with Crippen LogP contribution in [0.4, 0.5) is 0 Å². The van der Waals surface area contributed by atoms with Crippen LogP contribution in [-0.2, 0) is 4.74 Å². The minimum Gasteiger partial charge on any atom is -0.497 e. The molecule has 0 radical (unpaired) electrons. The topological polar surface area (TPSA) is 44.2 Å². The molecule has 0 saturated carbocycles. The fraction of sp³-hybridized carbons (Fsp3) is 0.545. The minimum absolute atomic E-state index is 0.247. The van der Waals surface area contributed by atoms with Crippen molar-refractivity contribution in [1.29, 1.82) is 0 Å². The number of methoxy groups -OCH3 is 1. The van der Waals surface area contributed by atoms with E-state index in [1.54, 1.807) is 13.3 Å². The Labute approximate surface area is 173 Å². The second kappa shape index (κ2) is 14.4. The average molecular weight is 439 g/mol. The molecule has 1 aliphatic carbocycles. The highest BCUT2D eigenvalue weighted by atomic mass is 79.9. The van der Waals surface area contributed by atoms with Gasteiger partial charge in [-0.2, -0.15) is 4.98 Å². The van der Waals surface area contributed by atoms with Crippen LogP contribution in [0, 0.1) is 18.8 Å². The molecule has 0 amide bonds. The molecule has 1 heterocycles. The lowest BCUT2D eigenvalue weighted by molar-refractivity contribution is 0.236. The van der Waals surface area contributed by atoms with E-state index in [9.17, 15) is 0 Å². The maximum Gasteiger partial charge on any atom is 0.231 e. The van der Waals surface area contributed by atoms with E-state index in [0.717, 1.165) is 10.2 Å². The highest BCUT2D eigenvalue weighted by molar-refractivity contribution is 9.10. The Bertz CT molecular complexity index is 639. The first-order chi connectivity index (χ1) is 12.9. The molecule has 0 saturated heterocycles. The number of hydrogen-bond acceptors (Lipinski definition) is 4. The number of aryl methyl sites for hydroxylation is 1. The van der Waals surface area contributed by atoms with Crippen LogP contribution in [-0.4, -0.2) is 23.7 Å². The monoisotopic (exact) mass is 438 g/mol. The molecule has 5 heteroatoms. The van der Waals surface area contributed by atoms with Crippen molar-refractivity contribution in [3.63, 3.8) is 0 Å². The van der Waals surface area contributed by atoms with Gasteiger partial charge >= 0.3 is 0 Å². The highest BCUT2D eigenvalue weighted by Gasteiger charge is 2.19. The van der Waals surface area contributed by atoms with E-state index in [4.69, 9.17) is 9.47 Å². The Hall–Kier alpha value is -1.62. The predicted octanol–water partition coefficient (Wildman–Crippen LogP) is 6.67. The van der Waals surface area contributed by atoms with Crippen molar-refractivity contribution in [1.82, 2.24) is 9.97 Å².